The summed E-state index contributed by atoms with van der Waals surface area (Å²) < 4.78 is 45.1. The SMILES string of the molecule is O=C1CN(c2cccc(C(F)(F)F)c2)C(=O)N1C1CC(Oc2ccnc3ccccc23)C1. The Morgan fingerprint density at radius 2 is 1.78 bits per heavy atom. The van der Waals surface area contributed by atoms with Gasteiger partial charge in [0.05, 0.1) is 11.1 Å². The van der Waals surface area contributed by atoms with Gasteiger partial charge in [0.2, 0.25) is 0 Å². The standard InChI is InChI=1S/C23H18F3N3O3/c24-23(25,26)14-4-3-5-15(10-14)28-13-21(30)29(22(28)31)16-11-17(12-16)32-20-8-9-27-19-7-2-1-6-18(19)20/h1-10,16-17H,11-13H2. The van der Waals surface area contributed by atoms with E-state index in [-0.39, 0.29) is 24.4 Å². The molecule has 0 atom stereocenters. The van der Waals surface area contributed by atoms with E-state index in [2.05, 4.69) is 4.98 Å². The average molecular weight is 441 g/mol. The fourth-order valence-corrected chi connectivity index (χ4v) is 4.12. The number of hydrogen-bond donors (Lipinski definition) is 0. The van der Waals surface area contributed by atoms with E-state index in [4.69, 9.17) is 4.74 Å². The van der Waals surface area contributed by atoms with Gasteiger partial charge in [-0.25, -0.2) is 4.79 Å². The molecule has 0 spiro atoms. The van der Waals surface area contributed by atoms with Crippen molar-refractivity contribution in [2.75, 3.05) is 11.4 Å². The first-order valence-corrected chi connectivity index (χ1v) is 10.1. The quantitative estimate of drug-likeness (QED) is 0.554. The summed E-state index contributed by atoms with van der Waals surface area (Å²) in [6.07, 6.45) is -2.12. The molecule has 0 unspecified atom stereocenters. The van der Waals surface area contributed by atoms with Crippen molar-refractivity contribution in [2.24, 2.45) is 0 Å². The number of carbonyl (C=O) groups excluding carboxylic acids is 2. The van der Waals surface area contributed by atoms with Crippen LogP contribution in [0.2, 0.25) is 0 Å². The molecule has 3 aromatic rings. The molecule has 2 aliphatic rings. The van der Waals surface area contributed by atoms with Gasteiger partial charge < -0.3 is 4.74 Å². The Morgan fingerprint density at radius 1 is 1.00 bits per heavy atom. The second-order valence-corrected chi connectivity index (χ2v) is 7.87. The Balaban J connectivity index is 1.27. The molecule has 2 heterocycles. The van der Waals surface area contributed by atoms with Crippen molar-refractivity contribution in [1.29, 1.82) is 0 Å². The van der Waals surface area contributed by atoms with Gasteiger partial charge >= 0.3 is 12.2 Å². The lowest BCUT2D eigenvalue weighted by atomic mass is 9.88. The number of aromatic nitrogens is 1. The largest absolute Gasteiger partial charge is 0.490 e. The molecular formula is C23H18F3N3O3. The molecule has 9 heteroatoms. The number of pyridine rings is 1. The third kappa shape index (κ3) is 3.53. The molecule has 5 rings (SSSR count). The number of amides is 3. The third-order valence-corrected chi connectivity index (χ3v) is 5.82. The maximum atomic E-state index is 13.0. The van der Waals surface area contributed by atoms with Crippen LogP contribution in [0.4, 0.5) is 23.7 Å². The van der Waals surface area contributed by atoms with Crippen molar-refractivity contribution in [3.8, 4) is 5.75 Å². The number of hydrogen-bond acceptors (Lipinski definition) is 4. The number of halogens is 3. The van der Waals surface area contributed by atoms with Crippen LogP contribution in [-0.2, 0) is 11.0 Å². The van der Waals surface area contributed by atoms with E-state index in [1.165, 1.54) is 12.1 Å². The van der Waals surface area contributed by atoms with Crippen LogP contribution in [0.1, 0.15) is 18.4 Å². The summed E-state index contributed by atoms with van der Waals surface area (Å²) in [5.74, 6) is 0.258. The van der Waals surface area contributed by atoms with Crippen LogP contribution in [0, 0.1) is 0 Å². The summed E-state index contributed by atoms with van der Waals surface area (Å²) >= 11 is 0. The van der Waals surface area contributed by atoms with Gasteiger partial charge in [0.1, 0.15) is 18.4 Å². The second kappa shape index (κ2) is 7.51. The molecule has 1 aliphatic heterocycles. The number of carbonyl (C=O) groups is 2. The van der Waals surface area contributed by atoms with Crippen LogP contribution in [0.25, 0.3) is 10.9 Å². The minimum atomic E-state index is -4.53. The molecule has 164 valence electrons. The third-order valence-electron chi connectivity index (χ3n) is 5.82. The summed E-state index contributed by atoms with van der Waals surface area (Å²) in [6, 6.07) is 12.8. The second-order valence-electron chi connectivity index (χ2n) is 7.87. The number of rotatable bonds is 4. The molecule has 3 amide bonds. The predicted octanol–water partition coefficient (Wildman–Crippen LogP) is 4.63. The highest BCUT2D eigenvalue weighted by atomic mass is 19.4. The maximum absolute atomic E-state index is 13.0. The van der Waals surface area contributed by atoms with Crippen molar-refractivity contribution in [2.45, 2.75) is 31.2 Å². The van der Waals surface area contributed by atoms with Crippen LogP contribution < -0.4 is 9.64 Å². The van der Waals surface area contributed by atoms with E-state index in [0.29, 0.717) is 18.6 Å². The number of alkyl halides is 3. The lowest BCUT2D eigenvalue weighted by Gasteiger charge is -2.39. The number of fused-ring (bicyclic) bond motifs is 1. The molecule has 32 heavy (non-hydrogen) atoms. The maximum Gasteiger partial charge on any atom is 0.416 e. The van der Waals surface area contributed by atoms with E-state index >= 15 is 0 Å². The van der Waals surface area contributed by atoms with Crippen LogP contribution in [-0.4, -0.2) is 40.5 Å². The molecule has 2 fully saturated rings. The Hall–Kier alpha value is -3.62. The molecule has 1 aromatic heterocycles. The summed E-state index contributed by atoms with van der Waals surface area (Å²) in [6.45, 7) is -0.281. The minimum absolute atomic E-state index is 0.0519. The van der Waals surface area contributed by atoms with E-state index in [1.807, 2.05) is 24.3 Å². The fourth-order valence-electron chi connectivity index (χ4n) is 4.12. The highest BCUT2D eigenvalue weighted by Crippen LogP contribution is 2.37. The summed E-state index contributed by atoms with van der Waals surface area (Å²) in [7, 11) is 0. The van der Waals surface area contributed by atoms with E-state index in [9.17, 15) is 22.8 Å². The van der Waals surface area contributed by atoms with Crippen molar-refractivity contribution >= 4 is 28.5 Å². The fraction of sp³-hybridized carbons (Fsp3) is 0.261. The monoisotopic (exact) mass is 441 g/mol. The Morgan fingerprint density at radius 3 is 2.56 bits per heavy atom. The zero-order valence-corrected chi connectivity index (χ0v) is 16.7. The lowest BCUT2D eigenvalue weighted by Crippen LogP contribution is -2.52. The minimum Gasteiger partial charge on any atom is -0.490 e. The lowest BCUT2D eigenvalue weighted by molar-refractivity contribution is -0.137. The Bertz CT molecular complexity index is 1200. The van der Waals surface area contributed by atoms with Crippen LogP contribution in [0.5, 0.6) is 5.75 Å². The molecule has 6 nitrogen and oxygen atoms in total. The number of imide groups is 1. The number of para-hydroxylation sites is 1. The van der Waals surface area contributed by atoms with Gasteiger partial charge in [0.15, 0.2) is 0 Å². The molecular weight excluding hydrogens is 423 g/mol. The number of nitrogens with zero attached hydrogens (tertiary/aromatic N) is 3. The van der Waals surface area contributed by atoms with Gasteiger partial charge in [0, 0.05) is 36.2 Å². The van der Waals surface area contributed by atoms with Gasteiger partial charge in [-0.05, 0) is 36.4 Å². The van der Waals surface area contributed by atoms with Crippen LogP contribution in [0.15, 0.2) is 60.8 Å². The van der Waals surface area contributed by atoms with Crippen molar-refractivity contribution in [3.05, 3.63) is 66.4 Å². The molecule has 0 radical (unpaired) electrons. The van der Waals surface area contributed by atoms with E-state index in [0.717, 1.165) is 32.8 Å². The zero-order valence-electron chi connectivity index (χ0n) is 16.7. The number of ether oxygens (including phenoxy) is 1. The van der Waals surface area contributed by atoms with Gasteiger partial charge in [-0.15, -0.1) is 0 Å². The van der Waals surface area contributed by atoms with Crippen molar-refractivity contribution in [1.82, 2.24) is 9.88 Å². The van der Waals surface area contributed by atoms with Crippen molar-refractivity contribution < 1.29 is 27.5 Å². The first-order valence-electron chi connectivity index (χ1n) is 10.1. The Kier molecular flexibility index (Phi) is 4.76. The van der Waals surface area contributed by atoms with Gasteiger partial charge in [-0.3, -0.25) is 19.6 Å². The number of anilines is 1. The van der Waals surface area contributed by atoms with E-state index < -0.39 is 23.7 Å². The van der Waals surface area contributed by atoms with Gasteiger partial charge in [0.25, 0.3) is 5.91 Å². The summed E-state index contributed by atoms with van der Waals surface area (Å²) in [5.41, 5.74) is -0.00561. The Labute approximate surface area is 181 Å². The topological polar surface area (TPSA) is 62.7 Å². The smallest absolute Gasteiger partial charge is 0.416 e. The first kappa shape index (κ1) is 20.3. The highest BCUT2D eigenvalue weighted by Gasteiger charge is 2.47. The summed E-state index contributed by atoms with van der Waals surface area (Å²) in [5, 5.41) is 0.877. The highest BCUT2D eigenvalue weighted by molar-refractivity contribution is 6.12. The molecule has 0 bridgehead atoms. The van der Waals surface area contributed by atoms with Gasteiger partial charge in [-0.2, -0.15) is 13.2 Å². The summed E-state index contributed by atoms with van der Waals surface area (Å²) in [4.78, 5) is 31.9. The van der Waals surface area contributed by atoms with Crippen molar-refractivity contribution in [3.63, 3.8) is 0 Å². The van der Waals surface area contributed by atoms with Gasteiger partial charge in [-0.1, -0.05) is 18.2 Å². The average Bonchev–Trinajstić information content (AvgIpc) is 3.04. The molecule has 2 aromatic carbocycles. The van der Waals surface area contributed by atoms with Crippen LogP contribution >= 0.6 is 0 Å². The first-order chi connectivity index (χ1) is 15.3. The van der Waals surface area contributed by atoms with E-state index in [1.54, 1.807) is 12.3 Å². The molecule has 1 aliphatic carbocycles. The molecule has 0 N–H and O–H groups in total. The van der Waals surface area contributed by atoms with Crippen LogP contribution in [0.3, 0.4) is 0 Å². The predicted molar refractivity (Wildman–Crippen MR) is 110 cm³/mol. The number of benzene rings is 2. The molecule has 1 saturated heterocycles. The normalized spacial score (nSPS) is 21.2. The number of urea groups is 1. The zero-order chi connectivity index (χ0) is 22.5. The molecule has 1 saturated carbocycles.